The molecule has 1 N–H and O–H groups in total. The Morgan fingerprint density at radius 2 is 1.86 bits per heavy atom. The van der Waals surface area contributed by atoms with Crippen molar-refractivity contribution >= 4 is 23.4 Å². The monoisotopic (exact) mass is 414 g/mol. The molecule has 0 spiro atoms. The number of nitrogens with zero attached hydrogens (tertiary/aromatic N) is 3. The first-order chi connectivity index (χ1) is 14.0. The summed E-state index contributed by atoms with van der Waals surface area (Å²) in [7, 11) is 0. The number of carbonyl (C=O) groups excluding carboxylic acids is 1. The van der Waals surface area contributed by atoms with E-state index in [4.69, 9.17) is 4.74 Å². The molecule has 1 amide bonds. The molecule has 0 saturated heterocycles. The fourth-order valence-electron chi connectivity index (χ4n) is 2.74. The highest BCUT2D eigenvalue weighted by Crippen LogP contribution is 2.25. The van der Waals surface area contributed by atoms with Crippen molar-refractivity contribution in [2.45, 2.75) is 38.6 Å². The number of hydrogen-bond acceptors (Lipinski definition) is 5. The van der Waals surface area contributed by atoms with E-state index in [0.29, 0.717) is 23.3 Å². The molecule has 1 heterocycles. The molecule has 0 fully saturated rings. The van der Waals surface area contributed by atoms with E-state index in [9.17, 15) is 9.18 Å². The van der Waals surface area contributed by atoms with Gasteiger partial charge in [-0.25, -0.2) is 4.39 Å². The summed E-state index contributed by atoms with van der Waals surface area (Å²) in [4.78, 5) is 12.2. The standard InChI is InChI=1S/C21H23FN4O2S/c1-4-26-20(15(3)28-18-11-7-16(22)8-12-18)24-25-21(26)29-13-19(27)23-17-9-5-14(2)6-10-17/h5-12,15H,4,13H2,1-3H3,(H,23,27). The summed E-state index contributed by atoms with van der Waals surface area (Å²) in [6.45, 7) is 6.48. The zero-order valence-electron chi connectivity index (χ0n) is 16.6. The van der Waals surface area contributed by atoms with E-state index in [1.165, 1.54) is 23.9 Å². The van der Waals surface area contributed by atoms with Crippen molar-refractivity contribution in [1.29, 1.82) is 0 Å². The molecule has 0 aliphatic carbocycles. The number of aromatic nitrogens is 3. The van der Waals surface area contributed by atoms with E-state index >= 15 is 0 Å². The molecule has 152 valence electrons. The van der Waals surface area contributed by atoms with Crippen molar-refractivity contribution in [3.05, 3.63) is 65.7 Å². The Bertz CT molecular complexity index is 958. The third-order valence-electron chi connectivity index (χ3n) is 4.22. The zero-order valence-corrected chi connectivity index (χ0v) is 17.4. The smallest absolute Gasteiger partial charge is 0.234 e. The van der Waals surface area contributed by atoms with Gasteiger partial charge in [-0.2, -0.15) is 0 Å². The minimum Gasteiger partial charge on any atom is -0.483 e. The van der Waals surface area contributed by atoms with Gasteiger partial charge in [0.15, 0.2) is 17.1 Å². The molecule has 0 saturated carbocycles. The molecule has 1 atom stereocenters. The van der Waals surface area contributed by atoms with Crippen LogP contribution in [0.4, 0.5) is 10.1 Å². The van der Waals surface area contributed by atoms with Gasteiger partial charge in [0, 0.05) is 12.2 Å². The van der Waals surface area contributed by atoms with E-state index in [0.717, 1.165) is 11.3 Å². The summed E-state index contributed by atoms with van der Waals surface area (Å²) in [6.07, 6.45) is -0.372. The predicted octanol–water partition coefficient (Wildman–Crippen LogP) is 4.62. The Balaban J connectivity index is 1.61. The van der Waals surface area contributed by atoms with Crippen LogP contribution >= 0.6 is 11.8 Å². The fraction of sp³-hybridized carbons (Fsp3) is 0.286. The van der Waals surface area contributed by atoms with Gasteiger partial charge in [-0.15, -0.1) is 10.2 Å². The molecule has 1 unspecified atom stereocenters. The van der Waals surface area contributed by atoms with Crippen molar-refractivity contribution < 1.29 is 13.9 Å². The van der Waals surface area contributed by atoms with Gasteiger partial charge >= 0.3 is 0 Å². The van der Waals surface area contributed by atoms with Crippen molar-refractivity contribution in [2.75, 3.05) is 11.1 Å². The predicted molar refractivity (Wildman–Crippen MR) is 112 cm³/mol. The fourth-order valence-corrected chi connectivity index (χ4v) is 3.55. The number of halogens is 1. The SMILES string of the molecule is CCn1c(SCC(=O)Nc2ccc(C)cc2)nnc1C(C)Oc1ccc(F)cc1. The Hall–Kier alpha value is -2.87. The summed E-state index contributed by atoms with van der Waals surface area (Å²) in [5.41, 5.74) is 1.90. The minimum atomic E-state index is -0.372. The van der Waals surface area contributed by atoms with E-state index < -0.39 is 0 Å². The first-order valence-electron chi connectivity index (χ1n) is 9.31. The van der Waals surface area contributed by atoms with Crippen LogP contribution in [0.15, 0.2) is 53.7 Å². The average molecular weight is 415 g/mol. The molecule has 0 aliphatic rings. The number of benzene rings is 2. The van der Waals surface area contributed by atoms with Gasteiger partial charge in [0.05, 0.1) is 5.75 Å². The Morgan fingerprint density at radius 3 is 2.52 bits per heavy atom. The van der Waals surface area contributed by atoms with Crippen molar-refractivity contribution in [2.24, 2.45) is 0 Å². The van der Waals surface area contributed by atoms with Crippen molar-refractivity contribution in [1.82, 2.24) is 14.8 Å². The van der Waals surface area contributed by atoms with Crippen molar-refractivity contribution in [3.63, 3.8) is 0 Å². The maximum Gasteiger partial charge on any atom is 0.234 e. The maximum atomic E-state index is 13.1. The third-order valence-corrected chi connectivity index (χ3v) is 5.19. The lowest BCUT2D eigenvalue weighted by molar-refractivity contribution is -0.113. The number of amides is 1. The number of rotatable bonds is 8. The molecule has 6 nitrogen and oxygen atoms in total. The van der Waals surface area contributed by atoms with Gasteiger partial charge in [0.2, 0.25) is 5.91 Å². The number of carbonyl (C=O) groups is 1. The third kappa shape index (κ3) is 5.57. The molecule has 1 aromatic heterocycles. The lowest BCUT2D eigenvalue weighted by Gasteiger charge is -2.15. The number of ether oxygens (including phenoxy) is 1. The highest BCUT2D eigenvalue weighted by atomic mass is 32.2. The molecule has 0 bridgehead atoms. The zero-order chi connectivity index (χ0) is 20.8. The summed E-state index contributed by atoms with van der Waals surface area (Å²) in [5.74, 6) is 1.000. The van der Waals surface area contributed by atoms with Gasteiger partial charge in [0.25, 0.3) is 0 Å². The number of nitrogens with one attached hydrogen (secondary N) is 1. The van der Waals surface area contributed by atoms with E-state index in [-0.39, 0.29) is 23.6 Å². The number of thioether (sulfide) groups is 1. The maximum absolute atomic E-state index is 13.1. The van der Waals surface area contributed by atoms with Gasteiger partial charge < -0.3 is 14.6 Å². The molecule has 3 aromatic rings. The van der Waals surface area contributed by atoms with Crippen LogP contribution in [-0.4, -0.2) is 26.4 Å². The highest BCUT2D eigenvalue weighted by Gasteiger charge is 2.19. The van der Waals surface area contributed by atoms with Gasteiger partial charge in [0.1, 0.15) is 11.6 Å². The number of anilines is 1. The Kier molecular flexibility index (Phi) is 6.87. The van der Waals surface area contributed by atoms with Crippen LogP contribution in [0.5, 0.6) is 5.75 Å². The minimum absolute atomic E-state index is 0.110. The highest BCUT2D eigenvalue weighted by molar-refractivity contribution is 7.99. The van der Waals surface area contributed by atoms with Crippen LogP contribution in [-0.2, 0) is 11.3 Å². The molecule has 0 radical (unpaired) electrons. The van der Waals surface area contributed by atoms with Crippen LogP contribution in [0, 0.1) is 12.7 Å². The van der Waals surface area contributed by atoms with E-state index in [1.54, 1.807) is 12.1 Å². The number of aryl methyl sites for hydroxylation is 1. The first-order valence-corrected chi connectivity index (χ1v) is 10.3. The van der Waals surface area contributed by atoms with Gasteiger partial charge in [-0.1, -0.05) is 29.5 Å². The second-order valence-corrected chi connectivity index (χ2v) is 7.44. The molecule has 2 aromatic carbocycles. The topological polar surface area (TPSA) is 69.0 Å². The van der Waals surface area contributed by atoms with E-state index in [2.05, 4.69) is 15.5 Å². The second kappa shape index (κ2) is 9.56. The largest absolute Gasteiger partial charge is 0.483 e. The van der Waals surface area contributed by atoms with Crippen LogP contribution < -0.4 is 10.1 Å². The summed E-state index contributed by atoms with van der Waals surface area (Å²) < 4.78 is 20.8. The number of hydrogen-bond donors (Lipinski definition) is 1. The Morgan fingerprint density at radius 1 is 1.17 bits per heavy atom. The molecule has 8 heteroatoms. The first kappa shape index (κ1) is 20.9. The molecular weight excluding hydrogens is 391 g/mol. The normalized spacial score (nSPS) is 11.9. The van der Waals surface area contributed by atoms with Crippen LogP contribution in [0.1, 0.15) is 31.3 Å². The molecule has 29 heavy (non-hydrogen) atoms. The second-order valence-electron chi connectivity index (χ2n) is 6.50. The molecule has 0 aliphatic heterocycles. The van der Waals surface area contributed by atoms with Crippen LogP contribution in [0.25, 0.3) is 0 Å². The van der Waals surface area contributed by atoms with Crippen molar-refractivity contribution in [3.8, 4) is 5.75 Å². The molecule has 3 rings (SSSR count). The van der Waals surface area contributed by atoms with Gasteiger partial charge in [-0.3, -0.25) is 4.79 Å². The molecular formula is C21H23FN4O2S. The summed E-state index contributed by atoms with van der Waals surface area (Å²) >= 11 is 1.32. The van der Waals surface area contributed by atoms with E-state index in [1.807, 2.05) is 49.6 Å². The van der Waals surface area contributed by atoms with Crippen LogP contribution in [0.2, 0.25) is 0 Å². The Labute approximate surface area is 173 Å². The summed E-state index contributed by atoms with van der Waals surface area (Å²) in [6, 6.07) is 13.5. The lowest BCUT2D eigenvalue weighted by atomic mass is 10.2. The quantitative estimate of drug-likeness (QED) is 0.545. The van der Waals surface area contributed by atoms with Gasteiger partial charge in [-0.05, 0) is 57.2 Å². The van der Waals surface area contributed by atoms with Crippen LogP contribution in [0.3, 0.4) is 0 Å². The lowest BCUT2D eigenvalue weighted by Crippen LogP contribution is -2.15. The summed E-state index contributed by atoms with van der Waals surface area (Å²) in [5, 5.41) is 12.0. The average Bonchev–Trinajstić information content (AvgIpc) is 3.13.